The Kier molecular flexibility index (Phi) is 10.1. The van der Waals surface area contributed by atoms with Crippen molar-refractivity contribution in [3.8, 4) is 5.75 Å². The van der Waals surface area contributed by atoms with E-state index in [1.807, 2.05) is 21.1 Å². The summed E-state index contributed by atoms with van der Waals surface area (Å²) in [4.78, 5) is 32.0. The number of amides is 1. The molecule has 0 bridgehead atoms. The smallest absolute Gasteiger partial charge is 0.430 e. The first kappa shape index (κ1) is 27.1. The summed E-state index contributed by atoms with van der Waals surface area (Å²) in [7, 11) is 5.55. The molecule has 0 saturated carbocycles. The van der Waals surface area contributed by atoms with Gasteiger partial charge in [-0.3, -0.25) is 4.79 Å². The van der Waals surface area contributed by atoms with Crippen molar-refractivity contribution < 1.29 is 47.4 Å². The van der Waals surface area contributed by atoms with E-state index in [0.29, 0.717) is 19.0 Å². The van der Waals surface area contributed by atoms with Crippen LogP contribution in [0.2, 0.25) is 0 Å². The van der Waals surface area contributed by atoms with Gasteiger partial charge in [0.05, 0.1) is 30.1 Å². The number of alkyl halides is 3. The predicted molar refractivity (Wildman–Crippen MR) is 101 cm³/mol. The second kappa shape index (κ2) is 10.8. The Balaban J connectivity index is 0.000000956. The minimum atomic E-state index is -5.19. The Morgan fingerprint density at radius 1 is 1.17 bits per heavy atom. The van der Waals surface area contributed by atoms with E-state index in [2.05, 4.69) is 37.2 Å². The molecule has 0 aromatic heterocycles. The molecular formula is C16H19Br2F3N2O6. The summed E-state index contributed by atoms with van der Waals surface area (Å²) in [5, 5.41) is 30.3. The number of aromatic hydroxyl groups is 1. The molecule has 0 aliphatic carbocycles. The van der Waals surface area contributed by atoms with Crippen LogP contribution in [0.25, 0.3) is 0 Å². The molecular weight excluding hydrogens is 533 g/mol. The SMILES string of the molecule is C[N+](C)(C)CC(=O)N[C@@H](Cc1cc(Br)c(O)c(Br)c1)C(=O)O.O=C([O-])C(F)(F)F. The normalized spacial score (nSPS) is 12.4. The molecule has 164 valence electrons. The lowest BCUT2D eigenvalue weighted by Crippen LogP contribution is -2.49. The zero-order chi connectivity index (χ0) is 23.2. The van der Waals surface area contributed by atoms with Crippen LogP contribution in [0.4, 0.5) is 13.2 Å². The number of halogens is 5. The second-order valence-corrected chi connectivity index (χ2v) is 8.51. The van der Waals surface area contributed by atoms with Crippen molar-refractivity contribution in [1.82, 2.24) is 5.32 Å². The molecule has 1 aromatic rings. The van der Waals surface area contributed by atoms with Gasteiger partial charge in [0.15, 0.2) is 6.54 Å². The van der Waals surface area contributed by atoms with Gasteiger partial charge in [-0.15, -0.1) is 0 Å². The number of carboxylic acids is 2. The van der Waals surface area contributed by atoms with Crippen LogP contribution in [0.5, 0.6) is 5.75 Å². The molecule has 0 spiro atoms. The molecule has 0 unspecified atom stereocenters. The Morgan fingerprint density at radius 2 is 1.59 bits per heavy atom. The molecule has 0 aliphatic rings. The van der Waals surface area contributed by atoms with Gasteiger partial charge in [0, 0.05) is 6.42 Å². The number of nitrogens with one attached hydrogen (secondary N) is 1. The molecule has 1 atom stereocenters. The average molecular weight is 552 g/mol. The van der Waals surface area contributed by atoms with Crippen molar-refractivity contribution in [2.75, 3.05) is 27.7 Å². The summed E-state index contributed by atoms with van der Waals surface area (Å²) >= 11 is 6.39. The maximum absolute atomic E-state index is 11.9. The third-order valence-electron chi connectivity index (χ3n) is 3.00. The molecule has 0 aliphatic heterocycles. The Hall–Kier alpha value is -1.86. The molecule has 0 saturated heterocycles. The number of rotatable bonds is 6. The molecule has 13 heteroatoms. The fourth-order valence-corrected chi connectivity index (χ4v) is 3.12. The Morgan fingerprint density at radius 3 is 1.90 bits per heavy atom. The van der Waals surface area contributed by atoms with Crippen LogP contribution in [0.3, 0.4) is 0 Å². The highest BCUT2D eigenvalue weighted by atomic mass is 79.9. The highest BCUT2D eigenvalue weighted by Gasteiger charge is 2.29. The first-order chi connectivity index (χ1) is 12.9. The maximum atomic E-state index is 11.9. The monoisotopic (exact) mass is 550 g/mol. The van der Waals surface area contributed by atoms with Gasteiger partial charge in [0.1, 0.15) is 17.8 Å². The zero-order valence-corrected chi connectivity index (χ0v) is 18.7. The molecule has 29 heavy (non-hydrogen) atoms. The van der Waals surface area contributed by atoms with Gasteiger partial charge in [-0.05, 0) is 49.6 Å². The van der Waals surface area contributed by atoms with Crippen LogP contribution in [-0.2, 0) is 20.8 Å². The Labute approximate surface area is 181 Å². The molecule has 1 rings (SSSR count). The fourth-order valence-electron chi connectivity index (χ4n) is 1.84. The number of aliphatic carboxylic acids is 2. The topological polar surface area (TPSA) is 127 Å². The number of carboxylic acid groups (broad SMARTS) is 2. The zero-order valence-electron chi connectivity index (χ0n) is 15.5. The number of carbonyl (C=O) groups is 3. The lowest BCUT2D eigenvalue weighted by molar-refractivity contribution is -0.862. The fraction of sp³-hybridized carbons (Fsp3) is 0.438. The largest absolute Gasteiger partial charge is 0.542 e. The van der Waals surface area contributed by atoms with Gasteiger partial charge in [0.25, 0.3) is 5.91 Å². The lowest BCUT2D eigenvalue weighted by Gasteiger charge is -2.24. The van der Waals surface area contributed by atoms with Crippen molar-refractivity contribution in [2.24, 2.45) is 0 Å². The number of hydrogen-bond donors (Lipinski definition) is 3. The maximum Gasteiger partial charge on any atom is 0.430 e. The summed E-state index contributed by atoms with van der Waals surface area (Å²) in [6.45, 7) is 0.187. The van der Waals surface area contributed by atoms with Crippen LogP contribution in [0.15, 0.2) is 21.1 Å². The number of phenolic OH excluding ortho intramolecular Hbond substituents is 1. The van der Waals surface area contributed by atoms with Crippen LogP contribution in [0.1, 0.15) is 5.56 Å². The van der Waals surface area contributed by atoms with E-state index in [-0.39, 0.29) is 24.6 Å². The number of phenols is 1. The number of quaternary nitrogens is 1. The Bertz CT molecular complexity index is 743. The van der Waals surface area contributed by atoms with E-state index < -0.39 is 24.2 Å². The van der Waals surface area contributed by atoms with Crippen LogP contribution >= 0.6 is 31.9 Å². The van der Waals surface area contributed by atoms with Crippen LogP contribution in [-0.4, -0.2) is 72.4 Å². The van der Waals surface area contributed by atoms with E-state index in [9.17, 15) is 33.0 Å². The molecule has 1 aromatic carbocycles. The number of hydrogen-bond acceptors (Lipinski definition) is 5. The van der Waals surface area contributed by atoms with Gasteiger partial charge < -0.3 is 29.9 Å². The number of likely N-dealkylation sites (N-methyl/N-ethyl adjacent to an activating group) is 1. The standard InChI is InChI=1S/C14H18Br2N2O4.C2HF3O2/c1-18(2,3)7-12(19)17-11(14(21)22)6-8-4-9(15)13(20)10(16)5-8;3-2(4,5)1(6)7/h4-5,11H,6-7H2,1-3H3,(H2-,17,19,20,21,22);(H,6,7)/t11-;/m0./s1. The summed E-state index contributed by atoms with van der Waals surface area (Å²) in [5.74, 6) is -4.39. The van der Waals surface area contributed by atoms with Gasteiger partial charge in [-0.25, -0.2) is 4.79 Å². The molecule has 3 N–H and O–H groups in total. The summed E-state index contributed by atoms with van der Waals surface area (Å²) < 4.78 is 32.9. The third kappa shape index (κ3) is 11.0. The van der Waals surface area contributed by atoms with Crippen molar-refractivity contribution in [1.29, 1.82) is 0 Å². The molecule has 0 radical (unpaired) electrons. The quantitative estimate of drug-likeness (QED) is 0.453. The van der Waals surface area contributed by atoms with Gasteiger partial charge in [-0.2, -0.15) is 13.2 Å². The lowest BCUT2D eigenvalue weighted by atomic mass is 10.1. The van der Waals surface area contributed by atoms with Crippen molar-refractivity contribution >= 4 is 49.7 Å². The second-order valence-electron chi connectivity index (χ2n) is 6.80. The highest BCUT2D eigenvalue weighted by molar-refractivity contribution is 9.11. The average Bonchev–Trinajstić information content (AvgIpc) is 2.49. The first-order valence-corrected chi connectivity index (χ1v) is 9.30. The minimum absolute atomic E-state index is 0.0460. The summed E-state index contributed by atoms with van der Waals surface area (Å²) in [5.41, 5.74) is 0.675. The van der Waals surface area contributed by atoms with Gasteiger partial charge >= 0.3 is 12.1 Å². The van der Waals surface area contributed by atoms with Crippen molar-refractivity contribution in [3.05, 3.63) is 26.6 Å². The highest BCUT2D eigenvalue weighted by Crippen LogP contribution is 2.33. The van der Waals surface area contributed by atoms with E-state index in [1.54, 1.807) is 12.1 Å². The molecule has 8 nitrogen and oxygen atoms in total. The van der Waals surface area contributed by atoms with E-state index >= 15 is 0 Å². The van der Waals surface area contributed by atoms with Crippen molar-refractivity contribution in [3.63, 3.8) is 0 Å². The number of nitrogens with zero attached hydrogens (tertiary/aromatic N) is 1. The summed E-state index contributed by atoms with van der Waals surface area (Å²) in [6, 6.07) is 2.23. The van der Waals surface area contributed by atoms with Crippen molar-refractivity contribution in [2.45, 2.75) is 18.6 Å². The molecule has 1 amide bonds. The van der Waals surface area contributed by atoms with Gasteiger partial charge in [-0.1, -0.05) is 0 Å². The van der Waals surface area contributed by atoms with E-state index in [0.717, 1.165) is 0 Å². The summed E-state index contributed by atoms with van der Waals surface area (Å²) in [6.07, 6.45) is -5.07. The predicted octanol–water partition coefficient (Wildman–Crippen LogP) is 1.03. The van der Waals surface area contributed by atoms with E-state index in [4.69, 9.17) is 9.90 Å². The van der Waals surface area contributed by atoms with Crippen LogP contribution in [0, 0.1) is 0 Å². The van der Waals surface area contributed by atoms with Crippen LogP contribution < -0.4 is 10.4 Å². The van der Waals surface area contributed by atoms with E-state index in [1.165, 1.54) is 0 Å². The molecule has 0 heterocycles. The van der Waals surface area contributed by atoms with Gasteiger partial charge in [0.2, 0.25) is 0 Å². The number of carbonyl (C=O) groups excluding carboxylic acids is 2. The molecule has 0 fully saturated rings. The number of benzene rings is 1. The third-order valence-corrected chi connectivity index (χ3v) is 4.21. The minimum Gasteiger partial charge on any atom is -0.542 e. The first-order valence-electron chi connectivity index (χ1n) is 7.71.